The highest BCUT2D eigenvalue weighted by molar-refractivity contribution is 5.56. The van der Waals surface area contributed by atoms with E-state index in [0.717, 1.165) is 0 Å². The van der Waals surface area contributed by atoms with Crippen molar-refractivity contribution in [3.63, 3.8) is 0 Å². The van der Waals surface area contributed by atoms with Gasteiger partial charge in [-0.05, 0) is 24.5 Å². The van der Waals surface area contributed by atoms with Crippen molar-refractivity contribution in [2.45, 2.75) is 26.7 Å². The Morgan fingerprint density at radius 1 is 1.31 bits per heavy atom. The van der Waals surface area contributed by atoms with Gasteiger partial charge in [0.25, 0.3) is 0 Å². The summed E-state index contributed by atoms with van der Waals surface area (Å²) in [4.78, 5) is 6.56. The maximum Gasteiger partial charge on any atom is 0.0664 e. The van der Waals surface area contributed by atoms with E-state index in [9.17, 15) is 0 Å². The van der Waals surface area contributed by atoms with Crippen LogP contribution >= 0.6 is 0 Å². The number of rotatable bonds is 2. The molecule has 0 spiro atoms. The molecule has 0 saturated carbocycles. The molecule has 2 heteroatoms. The lowest BCUT2D eigenvalue weighted by molar-refractivity contribution is 0.813. The van der Waals surface area contributed by atoms with Crippen LogP contribution < -0.4 is 4.90 Å². The first kappa shape index (κ1) is 10.0. The Morgan fingerprint density at radius 2 is 1.92 bits per heavy atom. The lowest BCUT2D eigenvalue weighted by Crippen LogP contribution is -2.14. The second kappa shape index (κ2) is 3.77. The quantitative estimate of drug-likeness (QED) is 0.692. The fourth-order valence-corrected chi connectivity index (χ4v) is 1.58. The predicted molar refractivity (Wildman–Crippen MR) is 57.4 cm³/mol. The number of nitrogens with zero attached hydrogens (tertiary/aromatic N) is 2. The molecule has 0 aliphatic carbocycles. The molecule has 0 radical (unpaired) electrons. The van der Waals surface area contributed by atoms with Gasteiger partial charge in [0.2, 0.25) is 0 Å². The van der Waals surface area contributed by atoms with Crippen LogP contribution in [0.1, 0.15) is 31.0 Å². The average Bonchev–Trinajstić information content (AvgIpc) is 2.02. The molecule has 72 valence electrons. The molecule has 0 fully saturated rings. The van der Waals surface area contributed by atoms with Crippen LogP contribution in [-0.2, 0) is 0 Å². The van der Waals surface area contributed by atoms with Gasteiger partial charge in [0.1, 0.15) is 0 Å². The van der Waals surface area contributed by atoms with Crippen LogP contribution in [0.2, 0.25) is 0 Å². The molecule has 0 bridgehead atoms. The highest BCUT2D eigenvalue weighted by atomic mass is 15.1. The molecule has 13 heavy (non-hydrogen) atoms. The van der Waals surface area contributed by atoms with Gasteiger partial charge in [-0.1, -0.05) is 13.8 Å². The van der Waals surface area contributed by atoms with Crippen LogP contribution in [0.15, 0.2) is 12.3 Å². The van der Waals surface area contributed by atoms with Crippen LogP contribution in [0.5, 0.6) is 0 Å². The Labute approximate surface area is 80.6 Å². The van der Waals surface area contributed by atoms with E-state index in [2.05, 4.69) is 50.8 Å². The number of aromatic nitrogens is 1. The van der Waals surface area contributed by atoms with E-state index in [1.807, 2.05) is 6.20 Å². The molecule has 1 rings (SSSR count). The smallest absolute Gasteiger partial charge is 0.0664 e. The van der Waals surface area contributed by atoms with Gasteiger partial charge in [-0.15, -0.1) is 0 Å². The van der Waals surface area contributed by atoms with E-state index in [1.165, 1.54) is 16.9 Å². The molecule has 0 amide bonds. The summed E-state index contributed by atoms with van der Waals surface area (Å²) in [5, 5.41) is 0. The van der Waals surface area contributed by atoms with Crippen molar-refractivity contribution in [2.75, 3.05) is 19.0 Å². The van der Waals surface area contributed by atoms with Gasteiger partial charge in [0.05, 0.1) is 11.4 Å². The first-order valence-corrected chi connectivity index (χ1v) is 4.67. The summed E-state index contributed by atoms with van der Waals surface area (Å²) in [6.45, 7) is 6.48. The van der Waals surface area contributed by atoms with E-state index < -0.39 is 0 Å². The summed E-state index contributed by atoms with van der Waals surface area (Å²) in [7, 11) is 4.13. The number of hydrogen-bond acceptors (Lipinski definition) is 2. The molecular formula is C11H18N2. The van der Waals surface area contributed by atoms with Crippen LogP contribution in [0, 0.1) is 6.92 Å². The zero-order valence-electron chi connectivity index (χ0n) is 9.13. The van der Waals surface area contributed by atoms with Crippen LogP contribution in [0.4, 0.5) is 5.69 Å². The summed E-state index contributed by atoms with van der Waals surface area (Å²) < 4.78 is 0. The monoisotopic (exact) mass is 178 g/mol. The average molecular weight is 178 g/mol. The van der Waals surface area contributed by atoms with Crippen molar-refractivity contribution in [3.8, 4) is 0 Å². The second-order valence-electron chi connectivity index (χ2n) is 3.91. The normalized spacial score (nSPS) is 10.6. The minimum absolute atomic E-state index is 0.484. The highest BCUT2D eigenvalue weighted by Crippen LogP contribution is 2.26. The third-order valence-electron chi connectivity index (χ3n) is 2.15. The zero-order chi connectivity index (χ0) is 10.0. The topological polar surface area (TPSA) is 16.1 Å². The first-order valence-electron chi connectivity index (χ1n) is 4.67. The summed E-state index contributed by atoms with van der Waals surface area (Å²) in [5.41, 5.74) is 3.74. The molecule has 2 nitrogen and oxygen atoms in total. The van der Waals surface area contributed by atoms with E-state index in [4.69, 9.17) is 0 Å². The van der Waals surface area contributed by atoms with E-state index in [-0.39, 0.29) is 0 Å². The third-order valence-corrected chi connectivity index (χ3v) is 2.15. The van der Waals surface area contributed by atoms with Gasteiger partial charge in [-0.2, -0.15) is 0 Å². The molecule has 0 aromatic carbocycles. The molecule has 0 unspecified atom stereocenters. The molecule has 0 aliphatic heterocycles. The molecular weight excluding hydrogens is 160 g/mol. The molecule has 1 aromatic rings. The first-order chi connectivity index (χ1) is 6.04. The minimum atomic E-state index is 0.484. The van der Waals surface area contributed by atoms with E-state index in [0.29, 0.717) is 5.92 Å². The highest BCUT2D eigenvalue weighted by Gasteiger charge is 2.11. The lowest BCUT2D eigenvalue weighted by atomic mass is 10.0. The largest absolute Gasteiger partial charge is 0.376 e. The Balaban J connectivity index is 3.26. The number of aryl methyl sites for hydroxylation is 1. The predicted octanol–water partition coefficient (Wildman–Crippen LogP) is 2.58. The van der Waals surface area contributed by atoms with E-state index in [1.54, 1.807) is 0 Å². The van der Waals surface area contributed by atoms with Crippen molar-refractivity contribution in [2.24, 2.45) is 0 Å². The van der Waals surface area contributed by atoms with Crippen LogP contribution in [0.3, 0.4) is 0 Å². The molecule has 0 N–H and O–H groups in total. The van der Waals surface area contributed by atoms with Gasteiger partial charge >= 0.3 is 0 Å². The number of hydrogen-bond donors (Lipinski definition) is 0. The lowest BCUT2D eigenvalue weighted by Gasteiger charge is -2.20. The maximum atomic E-state index is 4.42. The molecule has 0 aliphatic rings. The summed E-state index contributed by atoms with van der Waals surface area (Å²) in [6.07, 6.45) is 1.89. The Kier molecular flexibility index (Phi) is 2.91. The fraction of sp³-hybridized carbons (Fsp3) is 0.545. The Morgan fingerprint density at radius 3 is 2.31 bits per heavy atom. The standard InChI is InChI=1S/C11H18N2/c1-8(2)10-11(13(4)5)9(3)6-7-12-10/h6-8H,1-5H3. The zero-order valence-corrected chi connectivity index (χ0v) is 9.13. The molecule has 1 heterocycles. The van der Waals surface area contributed by atoms with Crippen molar-refractivity contribution in [1.29, 1.82) is 0 Å². The minimum Gasteiger partial charge on any atom is -0.376 e. The van der Waals surface area contributed by atoms with Crippen molar-refractivity contribution >= 4 is 5.69 Å². The Bertz CT molecular complexity index is 290. The third kappa shape index (κ3) is 2.00. The fourth-order valence-electron chi connectivity index (χ4n) is 1.58. The summed E-state index contributed by atoms with van der Waals surface area (Å²) >= 11 is 0. The van der Waals surface area contributed by atoms with Gasteiger partial charge in [-0.3, -0.25) is 4.98 Å². The number of anilines is 1. The van der Waals surface area contributed by atoms with Crippen molar-refractivity contribution in [3.05, 3.63) is 23.5 Å². The van der Waals surface area contributed by atoms with E-state index >= 15 is 0 Å². The SMILES string of the molecule is Cc1ccnc(C(C)C)c1N(C)C. The Hall–Kier alpha value is -1.05. The van der Waals surface area contributed by atoms with Crippen molar-refractivity contribution in [1.82, 2.24) is 4.98 Å². The summed E-state index contributed by atoms with van der Waals surface area (Å²) in [6, 6.07) is 2.06. The van der Waals surface area contributed by atoms with Gasteiger partial charge in [0, 0.05) is 20.3 Å². The number of pyridine rings is 1. The molecule has 0 atom stereocenters. The molecule has 0 saturated heterocycles. The van der Waals surface area contributed by atoms with Gasteiger partial charge < -0.3 is 4.90 Å². The molecule has 1 aromatic heterocycles. The second-order valence-corrected chi connectivity index (χ2v) is 3.91. The van der Waals surface area contributed by atoms with Crippen molar-refractivity contribution < 1.29 is 0 Å². The van der Waals surface area contributed by atoms with Crippen LogP contribution in [0.25, 0.3) is 0 Å². The van der Waals surface area contributed by atoms with Crippen LogP contribution in [-0.4, -0.2) is 19.1 Å². The van der Waals surface area contributed by atoms with Gasteiger partial charge in [0.15, 0.2) is 0 Å². The summed E-state index contributed by atoms with van der Waals surface area (Å²) in [5.74, 6) is 0.484. The maximum absolute atomic E-state index is 4.42. The van der Waals surface area contributed by atoms with Gasteiger partial charge in [-0.25, -0.2) is 0 Å².